The van der Waals surface area contributed by atoms with Crippen LogP contribution in [0.15, 0.2) is 182 Å². The van der Waals surface area contributed by atoms with Crippen molar-refractivity contribution in [2.24, 2.45) is 0 Å². The largest absolute Gasteiger partial charge is 0.870 e. The Morgan fingerprint density at radius 3 is 0.442 bits per heavy atom. The maximum Gasteiger partial charge on any atom is 0.357 e. The molecule has 0 unspecified atom stereocenters. The second-order valence-electron chi connectivity index (χ2n) is 8.06. The molecule has 0 aliphatic carbocycles. The van der Waals surface area contributed by atoms with E-state index >= 15 is 0 Å². The number of rotatable bonds is 6. The van der Waals surface area contributed by atoms with Crippen LogP contribution < -0.4 is 63.6 Å². The molecule has 0 spiro atoms. The van der Waals surface area contributed by atoms with E-state index in [0.717, 1.165) is 0 Å². The Morgan fingerprint density at radius 1 is 0.209 bits per heavy atom. The molecular formula is C36H33I3O3Sb. The normalized spacial score (nSPS) is 8.93. The van der Waals surface area contributed by atoms with Crippen molar-refractivity contribution in [3.05, 3.63) is 203 Å². The van der Waals surface area contributed by atoms with Gasteiger partial charge < -0.3 is 16.4 Å². The zero-order valence-electron chi connectivity index (χ0n) is 23.2. The topological polar surface area (TPSA) is 90.0 Å². The van der Waals surface area contributed by atoms with Crippen molar-refractivity contribution in [1.29, 1.82) is 0 Å². The third-order valence-corrected chi connectivity index (χ3v) is 13.1. The zero-order valence-corrected chi connectivity index (χ0v) is 32.3. The van der Waals surface area contributed by atoms with Gasteiger partial charge in [-0.1, -0.05) is 109 Å². The Morgan fingerprint density at radius 2 is 0.326 bits per heavy atom. The monoisotopic (exact) mass is 1010 g/mol. The summed E-state index contributed by atoms with van der Waals surface area (Å²) in [6.45, 7) is 0. The molecule has 6 rings (SSSR count). The van der Waals surface area contributed by atoms with E-state index in [1.165, 1.54) is 21.4 Å². The molecule has 0 saturated heterocycles. The summed E-state index contributed by atoms with van der Waals surface area (Å²) >= 11 is 0.0861. The predicted octanol–water partition coefficient (Wildman–Crippen LogP) is -1.47. The summed E-state index contributed by atoms with van der Waals surface area (Å²) in [6, 6.07) is 64.2. The maximum absolute atomic E-state index is 2.21. The van der Waals surface area contributed by atoms with Crippen molar-refractivity contribution in [2.75, 3.05) is 0 Å². The summed E-state index contributed by atoms with van der Waals surface area (Å²) in [5.41, 5.74) is 0. The molecule has 0 heterocycles. The third-order valence-electron chi connectivity index (χ3n) is 5.05. The molecule has 221 valence electrons. The van der Waals surface area contributed by atoms with Crippen LogP contribution in [0.1, 0.15) is 0 Å². The summed E-state index contributed by atoms with van der Waals surface area (Å²) in [5, 5.41) is 0. The number of hydrogen-bond donors (Lipinski definition) is 0. The summed E-state index contributed by atoms with van der Waals surface area (Å²) < 4.78 is 8.88. The minimum atomic E-state index is 0. The average molecular weight is 1020 g/mol. The van der Waals surface area contributed by atoms with Crippen LogP contribution in [0.3, 0.4) is 0 Å². The van der Waals surface area contributed by atoms with Crippen LogP contribution in [0, 0.1) is 21.4 Å². The van der Waals surface area contributed by atoms with E-state index in [9.17, 15) is 0 Å². The van der Waals surface area contributed by atoms with Gasteiger partial charge in [-0.2, -0.15) is 0 Å². The van der Waals surface area contributed by atoms with E-state index in [1.54, 1.807) is 0 Å². The van der Waals surface area contributed by atoms with E-state index < -0.39 is 0 Å². The zero-order chi connectivity index (χ0) is 26.8. The minimum absolute atomic E-state index is 0. The van der Waals surface area contributed by atoms with Gasteiger partial charge in [0.2, 0.25) is 0 Å². The van der Waals surface area contributed by atoms with Gasteiger partial charge >= 0.3 is 63.6 Å². The van der Waals surface area contributed by atoms with Gasteiger partial charge in [0.15, 0.2) is 21.4 Å². The minimum Gasteiger partial charge on any atom is -0.870 e. The van der Waals surface area contributed by atoms with Crippen LogP contribution in [0.4, 0.5) is 0 Å². The van der Waals surface area contributed by atoms with Crippen LogP contribution in [0.25, 0.3) is 0 Å². The standard InChI is InChI=1S/3C12H10I.3H2O.Sb/c3*1-3-7-11(8-4-1)13-12-9-5-2-6-10-12;;;;/h3*1-10H;3*1H2;/q3*+1;;;;/p-3. The molecule has 6 aromatic carbocycles. The Balaban J connectivity index is 0.000000588. The fourth-order valence-electron chi connectivity index (χ4n) is 3.24. The molecule has 0 amide bonds. The Labute approximate surface area is 304 Å². The molecule has 0 aliphatic rings. The van der Waals surface area contributed by atoms with Crippen LogP contribution >= 0.6 is 0 Å². The Bertz CT molecular complexity index is 1150. The van der Waals surface area contributed by atoms with Gasteiger partial charge in [0.05, 0.1) is 0 Å². The quantitative estimate of drug-likeness (QED) is 0.151. The van der Waals surface area contributed by atoms with Gasteiger partial charge in [0.25, 0.3) is 0 Å². The molecule has 3 nitrogen and oxygen atoms in total. The van der Waals surface area contributed by atoms with E-state index in [-0.39, 0.29) is 104 Å². The first-order valence-corrected chi connectivity index (χ1v) is 19.1. The van der Waals surface area contributed by atoms with Gasteiger partial charge in [-0.3, -0.25) is 0 Å². The first-order chi connectivity index (χ1) is 19.3. The van der Waals surface area contributed by atoms with Gasteiger partial charge in [0.1, 0.15) is 0 Å². The van der Waals surface area contributed by atoms with Crippen molar-refractivity contribution in [3.8, 4) is 0 Å². The van der Waals surface area contributed by atoms with Gasteiger partial charge in [-0.05, 0) is 72.8 Å². The summed E-state index contributed by atoms with van der Waals surface area (Å²) in [6.07, 6.45) is 0. The van der Waals surface area contributed by atoms with Crippen LogP contribution in [0.5, 0.6) is 0 Å². The Kier molecular flexibility index (Phi) is 24.5. The van der Waals surface area contributed by atoms with Crippen molar-refractivity contribution < 1.29 is 80.0 Å². The summed E-state index contributed by atoms with van der Waals surface area (Å²) in [7, 11) is 0. The van der Waals surface area contributed by atoms with E-state index in [1.807, 2.05) is 0 Å². The van der Waals surface area contributed by atoms with E-state index in [0.29, 0.717) is 0 Å². The molecule has 7 heteroatoms. The van der Waals surface area contributed by atoms with Crippen molar-refractivity contribution >= 4 is 24.4 Å². The fraction of sp³-hybridized carbons (Fsp3) is 0. The molecule has 0 aromatic heterocycles. The third kappa shape index (κ3) is 17.3. The summed E-state index contributed by atoms with van der Waals surface area (Å²) in [5.74, 6) is 0. The molecule has 43 heavy (non-hydrogen) atoms. The molecular weight excluding hydrogens is 983 g/mol. The Hall–Kier alpha value is -1.79. The smallest absolute Gasteiger partial charge is 0.357 e. The molecule has 0 fully saturated rings. The first-order valence-electron chi connectivity index (χ1n) is 12.6. The first kappa shape index (κ1) is 41.2. The number of hydrogen-bond acceptors (Lipinski definition) is 3. The second kappa shape index (κ2) is 25.5. The second-order valence-corrected chi connectivity index (χ2v) is 17.1. The van der Waals surface area contributed by atoms with E-state index in [4.69, 9.17) is 0 Å². The van der Waals surface area contributed by atoms with Crippen molar-refractivity contribution in [2.45, 2.75) is 0 Å². The molecule has 0 saturated carbocycles. The summed E-state index contributed by atoms with van der Waals surface area (Å²) in [4.78, 5) is 0. The molecule has 0 aliphatic heterocycles. The maximum atomic E-state index is 2.21. The van der Waals surface area contributed by atoms with Crippen LogP contribution in [0.2, 0.25) is 0 Å². The fourth-order valence-corrected chi connectivity index (χ4v) is 10.1. The van der Waals surface area contributed by atoms with E-state index in [2.05, 4.69) is 182 Å². The molecule has 0 bridgehead atoms. The molecule has 3 radical (unpaired) electrons. The number of benzene rings is 6. The van der Waals surface area contributed by atoms with Crippen LogP contribution in [-0.4, -0.2) is 40.9 Å². The average Bonchev–Trinajstić information content (AvgIpc) is 3.01. The van der Waals surface area contributed by atoms with Crippen LogP contribution in [-0.2, 0) is 0 Å². The molecule has 3 N–H and O–H groups in total. The SMILES string of the molecule is [OH-].[OH-].[OH-].[Sb].c1ccc([I+]c2ccccc2)cc1.c1ccc([I+]c2ccccc2)cc1.c1ccc([I+]c2ccccc2)cc1. The molecule has 6 aromatic rings. The van der Waals surface area contributed by atoms with Gasteiger partial charge in [-0.25, -0.2) is 0 Å². The van der Waals surface area contributed by atoms with Gasteiger partial charge in [0, 0.05) is 24.4 Å². The van der Waals surface area contributed by atoms with Crippen molar-refractivity contribution in [1.82, 2.24) is 0 Å². The van der Waals surface area contributed by atoms with Gasteiger partial charge in [-0.15, -0.1) is 0 Å². The molecule has 0 atom stereocenters. The number of halogens is 3. The predicted molar refractivity (Wildman–Crippen MR) is 162 cm³/mol. The van der Waals surface area contributed by atoms with Crippen molar-refractivity contribution in [3.63, 3.8) is 0 Å².